The van der Waals surface area contributed by atoms with Crippen molar-refractivity contribution in [1.82, 2.24) is 9.47 Å². The van der Waals surface area contributed by atoms with E-state index >= 15 is 0 Å². The van der Waals surface area contributed by atoms with Gasteiger partial charge in [0.15, 0.2) is 5.17 Å². The van der Waals surface area contributed by atoms with Crippen LogP contribution in [0.2, 0.25) is 0 Å². The molecule has 3 aromatic rings. The fourth-order valence-electron chi connectivity index (χ4n) is 4.25. The molecule has 176 valence electrons. The fourth-order valence-corrected chi connectivity index (χ4v) is 6.05. The minimum atomic E-state index is -0.408. The molecule has 1 aromatic heterocycles. The van der Waals surface area contributed by atoms with Crippen molar-refractivity contribution in [3.63, 3.8) is 0 Å². The quantitative estimate of drug-likeness (QED) is 0.342. The number of aryl methyl sites for hydroxylation is 2. The zero-order valence-electron chi connectivity index (χ0n) is 20.0. The summed E-state index contributed by atoms with van der Waals surface area (Å²) < 4.78 is 6.69. The standard InChI is InChI=1S/C27H25N5OS2/c1-16-9-8-12-23(18(16)3)31-17(2)13-21(19(31)4)14-22-24(28)32-26(29-25(22)33)35-30-27(32)34-15-20-10-6-5-7-11-20/h5-14,28H,15H2,1-4H3/b22-14+,28-24?. The first-order valence-corrected chi connectivity index (χ1v) is 13.0. The molecule has 0 aliphatic carbocycles. The highest BCUT2D eigenvalue weighted by Gasteiger charge is 2.37. The van der Waals surface area contributed by atoms with Gasteiger partial charge in [-0.2, -0.15) is 9.39 Å². The molecular formula is C27H25N5OS2. The normalized spacial score (nSPS) is 16.6. The number of nitrogens with zero attached hydrogens (tertiary/aromatic N) is 4. The Morgan fingerprint density at radius 2 is 1.83 bits per heavy atom. The lowest BCUT2D eigenvalue weighted by Crippen LogP contribution is -2.41. The van der Waals surface area contributed by atoms with Crippen LogP contribution in [0.1, 0.15) is 33.6 Å². The summed E-state index contributed by atoms with van der Waals surface area (Å²) in [7, 11) is 0. The fraction of sp³-hybridized carbons (Fsp3) is 0.185. The lowest BCUT2D eigenvalue weighted by Gasteiger charge is -2.24. The van der Waals surface area contributed by atoms with Crippen LogP contribution in [0.4, 0.5) is 0 Å². The summed E-state index contributed by atoms with van der Waals surface area (Å²) in [5.74, 6) is 0.428. The second-order valence-electron chi connectivity index (χ2n) is 8.56. The molecule has 2 aliphatic heterocycles. The molecule has 3 heterocycles. The molecule has 8 heteroatoms. The molecule has 2 aliphatic rings. The first kappa shape index (κ1) is 23.4. The minimum absolute atomic E-state index is 0.112. The van der Waals surface area contributed by atoms with E-state index in [1.54, 1.807) is 11.0 Å². The van der Waals surface area contributed by atoms with Crippen molar-refractivity contribution in [2.45, 2.75) is 33.4 Å². The Hall–Kier alpha value is -3.36. The van der Waals surface area contributed by atoms with Crippen LogP contribution >= 0.6 is 23.7 Å². The van der Waals surface area contributed by atoms with Crippen molar-refractivity contribution in [3.05, 3.63) is 93.8 Å². The van der Waals surface area contributed by atoms with Gasteiger partial charge in [-0.3, -0.25) is 10.2 Å². The van der Waals surface area contributed by atoms with E-state index < -0.39 is 5.91 Å². The van der Waals surface area contributed by atoms with Crippen LogP contribution in [0.25, 0.3) is 11.8 Å². The van der Waals surface area contributed by atoms with E-state index in [0.29, 0.717) is 10.3 Å². The molecule has 0 atom stereocenters. The van der Waals surface area contributed by atoms with Gasteiger partial charge < -0.3 is 4.57 Å². The number of amides is 1. The van der Waals surface area contributed by atoms with Gasteiger partial charge >= 0.3 is 0 Å². The van der Waals surface area contributed by atoms with E-state index in [-0.39, 0.29) is 11.4 Å². The van der Waals surface area contributed by atoms with E-state index in [0.717, 1.165) is 40.3 Å². The number of aromatic nitrogens is 1. The second kappa shape index (κ2) is 9.36. The van der Waals surface area contributed by atoms with Crippen LogP contribution in [-0.4, -0.2) is 31.5 Å². The van der Waals surface area contributed by atoms with Crippen LogP contribution in [0, 0.1) is 33.1 Å². The molecule has 1 amide bonds. The number of nitrogens with one attached hydrogen (secondary N) is 1. The topological polar surface area (TPSA) is 73.8 Å². The number of benzene rings is 2. The largest absolute Gasteiger partial charge is 0.318 e. The maximum Gasteiger partial charge on any atom is 0.283 e. The van der Waals surface area contributed by atoms with E-state index in [9.17, 15) is 4.79 Å². The van der Waals surface area contributed by atoms with Crippen molar-refractivity contribution >= 4 is 51.9 Å². The predicted octanol–water partition coefficient (Wildman–Crippen LogP) is 6.22. The summed E-state index contributed by atoms with van der Waals surface area (Å²) in [6.07, 6.45) is 1.79. The Labute approximate surface area is 213 Å². The number of hydrogen-bond acceptors (Lipinski definition) is 5. The average molecular weight is 500 g/mol. The highest BCUT2D eigenvalue weighted by molar-refractivity contribution is 8.18. The molecule has 35 heavy (non-hydrogen) atoms. The van der Waals surface area contributed by atoms with Crippen molar-refractivity contribution in [2.24, 2.45) is 9.39 Å². The van der Waals surface area contributed by atoms with Gasteiger partial charge in [-0.25, -0.2) is 4.90 Å². The maximum atomic E-state index is 12.9. The third kappa shape index (κ3) is 4.28. The van der Waals surface area contributed by atoms with Gasteiger partial charge in [-0.1, -0.05) is 54.2 Å². The number of carbonyl (C=O) groups is 1. The summed E-state index contributed by atoms with van der Waals surface area (Å²) in [6, 6.07) is 18.5. The molecule has 0 bridgehead atoms. The monoisotopic (exact) mass is 499 g/mol. The Bertz CT molecular complexity index is 1450. The summed E-state index contributed by atoms with van der Waals surface area (Å²) in [5.41, 5.74) is 7.99. The highest BCUT2D eigenvalue weighted by Crippen LogP contribution is 2.34. The van der Waals surface area contributed by atoms with E-state index in [1.165, 1.54) is 28.5 Å². The van der Waals surface area contributed by atoms with Crippen LogP contribution in [0.5, 0.6) is 0 Å². The Balaban J connectivity index is 1.46. The Kier molecular flexibility index (Phi) is 6.25. The minimum Gasteiger partial charge on any atom is -0.318 e. The summed E-state index contributed by atoms with van der Waals surface area (Å²) in [4.78, 5) is 18.8. The predicted molar refractivity (Wildman–Crippen MR) is 147 cm³/mol. The molecule has 6 nitrogen and oxygen atoms in total. The van der Waals surface area contributed by atoms with Crippen molar-refractivity contribution in [1.29, 1.82) is 5.41 Å². The van der Waals surface area contributed by atoms with E-state index in [2.05, 4.69) is 71.1 Å². The van der Waals surface area contributed by atoms with Crippen LogP contribution in [0.3, 0.4) is 0 Å². The van der Waals surface area contributed by atoms with E-state index in [4.69, 9.17) is 5.41 Å². The SMILES string of the molecule is Cc1cccc(-n2c(C)cc(/C=C3\C(=N)N4C(SCc5ccccc5)=NSC4=NC3=O)c2C)c1C. The molecule has 0 saturated carbocycles. The number of hydrogen-bond donors (Lipinski definition) is 1. The van der Waals surface area contributed by atoms with Crippen LogP contribution in [-0.2, 0) is 10.5 Å². The van der Waals surface area contributed by atoms with Gasteiger partial charge in [-0.05, 0) is 68.2 Å². The third-order valence-corrected chi connectivity index (χ3v) is 8.12. The van der Waals surface area contributed by atoms with Gasteiger partial charge in [0.1, 0.15) is 5.84 Å². The van der Waals surface area contributed by atoms with Gasteiger partial charge in [0.2, 0.25) is 5.17 Å². The Morgan fingerprint density at radius 3 is 2.60 bits per heavy atom. The number of rotatable bonds is 4. The van der Waals surface area contributed by atoms with Gasteiger partial charge in [0.05, 0.1) is 17.5 Å². The highest BCUT2D eigenvalue weighted by atomic mass is 32.2. The lowest BCUT2D eigenvalue weighted by molar-refractivity contribution is -0.114. The molecule has 0 unspecified atom stereocenters. The van der Waals surface area contributed by atoms with Crippen molar-refractivity contribution < 1.29 is 4.79 Å². The zero-order chi connectivity index (χ0) is 24.7. The number of fused-ring (bicyclic) bond motifs is 1. The molecule has 5 rings (SSSR count). The molecule has 0 saturated heterocycles. The van der Waals surface area contributed by atoms with Gasteiger partial charge in [0.25, 0.3) is 5.91 Å². The molecule has 2 aromatic carbocycles. The van der Waals surface area contributed by atoms with Gasteiger partial charge in [-0.15, -0.1) is 0 Å². The van der Waals surface area contributed by atoms with Crippen LogP contribution < -0.4 is 0 Å². The number of carbonyl (C=O) groups excluding carboxylic acids is 1. The molecular weight excluding hydrogens is 474 g/mol. The number of aliphatic imine (C=N–C) groups is 1. The summed E-state index contributed by atoms with van der Waals surface area (Å²) in [6.45, 7) is 8.33. The molecule has 1 N–H and O–H groups in total. The first-order valence-electron chi connectivity index (χ1n) is 11.3. The van der Waals surface area contributed by atoms with Crippen LogP contribution in [0.15, 0.2) is 69.6 Å². The van der Waals surface area contributed by atoms with Gasteiger partial charge in [0, 0.05) is 22.8 Å². The number of thioether (sulfide) groups is 1. The smallest absolute Gasteiger partial charge is 0.283 e. The Morgan fingerprint density at radius 1 is 1.06 bits per heavy atom. The third-order valence-electron chi connectivity index (χ3n) is 6.29. The number of amidine groups is 3. The average Bonchev–Trinajstić information content (AvgIpc) is 3.37. The lowest BCUT2D eigenvalue weighted by atomic mass is 10.1. The van der Waals surface area contributed by atoms with Crippen molar-refractivity contribution in [2.75, 3.05) is 0 Å². The molecule has 0 radical (unpaired) electrons. The zero-order valence-corrected chi connectivity index (χ0v) is 21.6. The maximum absolute atomic E-state index is 12.9. The van der Waals surface area contributed by atoms with E-state index in [1.807, 2.05) is 25.1 Å². The summed E-state index contributed by atoms with van der Waals surface area (Å²) >= 11 is 2.68. The first-order chi connectivity index (χ1) is 16.8. The molecule has 0 fully saturated rings. The second-order valence-corrected chi connectivity index (χ2v) is 10.2. The summed E-state index contributed by atoms with van der Waals surface area (Å²) in [5, 5.41) is 9.97. The van der Waals surface area contributed by atoms with Crippen molar-refractivity contribution in [3.8, 4) is 5.69 Å². The molecule has 0 spiro atoms.